The van der Waals surface area contributed by atoms with Crippen molar-refractivity contribution < 1.29 is 22.1 Å². The summed E-state index contributed by atoms with van der Waals surface area (Å²) >= 11 is 0. The first kappa shape index (κ1) is 83.7. The summed E-state index contributed by atoms with van der Waals surface area (Å²) < 4.78 is 41.4. The van der Waals surface area contributed by atoms with E-state index in [1.807, 2.05) is 146 Å². The molecule has 0 aliphatic carbocycles. The molecular formula is C121H86N12O5. The van der Waals surface area contributed by atoms with Crippen LogP contribution in [-0.4, -0.2) is 57.7 Å². The second-order valence-corrected chi connectivity index (χ2v) is 33.3. The largest absolute Gasteiger partial charge is 0.456 e. The highest BCUT2D eigenvalue weighted by Gasteiger charge is 2.27. The Morgan fingerprint density at radius 2 is 0.507 bits per heavy atom. The number of hydrogen-bond acceptors (Lipinski definition) is 12. The number of oxazole rings is 1. The quantitative estimate of drug-likeness (QED) is 0.141. The number of furan rings is 4. The monoisotopic (exact) mass is 1790 g/mol. The molecule has 18 aromatic carbocycles. The minimum Gasteiger partial charge on any atom is -0.456 e. The number of rotatable bonds is 8. The zero-order valence-electron chi connectivity index (χ0n) is 71.3. The normalized spacial score (nSPS) is 11.5. The zero-order chi connectivity index (χ0) is 88.0. The van der Waals surface area contributed by atoms with Crippen LogP contribution in [0.4, 0.5) is 0 Å². The maximum absolute atomic E-state index is 6.24. The van der Waals surface area contributed by atoms with Crippen molar-refractivity contribution >= 4 is 197 Å². The van der Waals surface area contributed by atoms with Crippen LogP contribution in [0.2, 0.25) is 0 Å². The van der Waals surface area contributed by atoms with Crippen molar-refractivity contribution in [1.82, 2.24) is 57.7 Å². The van der Waals surface area contributed by atoms with E-state index in [4.69, 9.17) is 42.0 Å². The minimum absolute atomic E-state index is 0. The van der Waals surface area contributed by atoms with Crippen molar-refractivity contribution in [2.45, 2.75) is 29.7 Å². The van der Waals surface area contributed by atoms with Gasteiger partial charge in [-0.05, 0) is 170 Å². The average molecular weight is 1790 g/mol. The molecule has 0 atom stereocenters. The van der Waals surface area contributed by atoms with Crippen LogP contribution in [0, 0.1) is 0 Å². The molecule has 17 heteroatoms. The van der Waals surface area contributed by atoms with Gasteiger partial charge in [0.1, 0.15) is 50.2 Å². The van der Waals surface area contributed by atoms with Gasteiger partial charge in [-0.25, -0.2) is 34.9 Å². The van der Waals surface area contributed by atoms with Crippen LogP contribution in [-0.2, 0) is 0 Å². The molecule has 0 spiro atoms. The number of hydrogen-bond donors (Lipinski definition) is 0. The smallest absolute Gasteiger partial charge is 0.234 e. The van der Waals surface area contributed by atoms with Crippen LogP contribution in [0.3, 0.4) is 0 Å². The van der Waals surface area contributed by atoms with Gasteiger partial charge in [0.05, 0.1) is 55.2 Å². The summed E-state index contributed by atoms with van der Waals surface area (Å²) in [4.78, 5) is 33.1. The van der Waals surface area contributed by atoms with Crippen molar-refractivity contribution in [1.29, 1.82) is 0 Å². The summed E-state index contributed by atoms with van der Waals surface area (Å²) in [7, 11) is 0. The average Bonchev–Trinajstić information content (AvgIpc) is 1.75. The topological polar surface area (TPSA) is 181 Å². The summed E-state index contributed by atoms with van der Waals surface area (Å²) in [5, 5.41) is 18.7. The van der Waals surface area contributed by atoms with Gasteiger partial charge in [-0.1, -0.05) is 266 Å². The Bertz CT molecular complexity index is 9870. The van der Waals surface area contributed by atoms with E-state index < -0.39 is 0 Å². The maximum Gasteiger partial charge on any atom is 0.234 e. The van der Waals surface area contributed by atoms with Crippen LogP contribution in [0.25, 0.3) is 260 Å². The fraction of sp³-hybridized carbons (Fsp3) is 0.0331. The fourth-order valence-corrected chi connectivity index (χ4v) is 20.2. The molecule has 17 nitrogen and oxygen atoms in total. The van der Waals surface area contributed by atoms with E-state index in [2.05, 4.69) is 299 Å². The Hall–Kier alpha value is -18.6. The first-order valence-electron chi connectivity index (χ1n) is 44.5. The molecule has 12 aromatic heterocycles. The molecule has 660 valence electrons. The molecule has 0 saturated heterocycles. The fourth-order valence-electron chi connectivity index (χ4n) is 20.2. The Morgan fingerprint density at radius 3 is 0.942 bits per heavy atom. The third kappa shape index (κ3) is 13.3. The number of benzene rings is 18. The molecule has 0 fully saturated rings. The highest BCUT2D eigenvalue weighted by Crippen LogP contribution is 2.48. The Labute approximate surface area is 789 Å². The minimum atomic E-state index is 0. The highest BCUT2D eigenvalue weighted by molar-refractivity contribution is 6.31. The molecule has 30 rings (SSSR count). The van der Waals surface area contributed by atoms with Gasteiger partial charge in [0.15, 0.2) is 29.4 Å². The van der Waals surface area contributed by atoms with Crippen molar-refractivity contribution in [3.8, 4) is 63.1 Å². The van der Waals surface area contributed by atoms with Gasteiger partial charge >= 0.3 is 0 Å². The molecule has 12 heterocycles. The summed E-state index contributed by atoms with van der Waals surface area (Å²) in [5.41, 5.74) is 25.9. The zero-order valence-corrected chi connectivity index (χ0v) is 71.3. The summed E-state index contributed by atoms with van der Waals surface area (Å²) in [5.74, 6) is 3.48. The lowest BCUT2D eigenvalue weighted by Gasteiger charge is -2.12. The SMILES string of the molecule is C.C.C.C.c1ccc(-c2nc(-c3ccccc3)nc(-c3ccc(-n4c5ccccc5c5c6c(ccc54)oc4ccccc46)cc3)n2)cc1.c1ccc(-n2c(-n3c4ccccc4c4c5c(ccc43)oc3ccccc35)nc3ccccc32)cc1.c1ccc2c(c1)oc1ccc3c(c4ccccc4n3-c3ccc4ocnc4c3)c12.c1cnc(-n2c3ccccc3c3c4c(ccc32)oc2ccccc24)nc1. The van der Waals surface area contributed by atoms with Crippen LogP contribution < -0.4 is 0 Å². The molecule has 30 aromatic rings. The van der Waals surface area contributed by atoms with Gasteiger partial charge in [0.2, 0.25) is 11.9 Å². The van der Waals surface area contributed by atoms with Gasteiger partial charge in [0.25, 0.3) is 0 Å². The van der Waals surface area contributed by atoms with Crippen molar-refractivity contribution in [3.05, 3.63) is 425 Å². The predicted molar refractivity (Wildman–Crippen MR) is 567 cm³/mol. The molecule has 138 heavy (non-hydrogen) atoms. The Balaban J connectivity index is 0.000000104. The maximum atomic E-state index is 6.24. The summed E-state index contributed by atoms with van der Waals surface area (Å²) in [6.45, 7) is 0. The molecule has 0 radical (unpaired) electrons. The van der Waals surface area contributed by atoms with Crippen LogP contribution in [0.1, 0.15) is 29.7 Å². The molecule has 0 saturated carbocycles. The standard InChI is InChI=1S/C39H24N4O.C31H19N3O.C25H14N2O2.C22H13N3O.4CH4/c1-3-11-25(12-4-1)37-40-38(26-13-5-2-6-14-26)42-39(41-37)27-19-21-28(22-20-27)43-31-17-9-7-15-29(31)35-32(43)23-24-34-36(35)30-16-8-10-18-33(30)44-34;1-2-10-20(11-3-1)33-25-16-8-6-14-23(25)32-31(33)34-24-15-7-4-12-21(24)29-26(34)18-19-28-30(29)22-13-5-9-17-27(22)35-28;1-3-7-19-16(5-1)24-20(27(19)15-9-11-22-18(13-15)26-14-28-22)10-12-23-25(24)17-6-2-4-8-21(17)29-23;1-3-8-16-14(6-1)20-17(25(16)22-23-12-5-13-24-22)10-11-19-21(20)15-7-2-4-9-18(15)26-19;;;;/h1-24H;1-19H;1-14H;1-13H;4*1H4. The number of fused-ring (bicyclic) bond motifs is 30. The van der Waals surface area contributed by atoms with Crippen molar-refractivity contribution in [3.63, 3.8) is 0 Å². The molecule has 0 aliphatic heterocycles. The number of para-hydroxylation sites is 11. The molecular weight excluding hydrogens is 1700 g/mol. The van der Waals surface area contributed by atoms with Crippen LogP contribution in [0.15, 0.2) is 447 Å². The van der Waals surface area contributed by atoms with Crippen LogP contribution in [0.5, 0.6) is 0 Å². The second-order valence-electron chi connectivity index (χ2n) is 33.3. The molecule has 0 aliphatic rings. The van der Waals surface area contributed by atoms with E-state index >= 15 is 0 Å². The lowest BCUT2D eigenvalue weighted by molar-refractivity contribution is 0.602. The first-order chi connectivity index (χ1) is 66.5. The molecule has 0 unspecified atom stereocenters. The Kier molecular flexibility index (Phi) is 20.6. The third-order valence-corrected chi connectivity index (χ3v) is 25.9. The van der Waals surface area contributed by atoms with E-state index in [1.54, 1.807) is 12.4 Å². The van der Waals surface area contributed by atoms with Crippen LogP contribution >= 0.6 is 0 Å². The molecule has 0 bridgehead atoms. The number of aromatic nitrogens is 12. The molecule has 0 amide bonds. The lowest BCUT2D eigenvalue weighted by Crippen LogP contribution is -2.05. The van der Waals surface area contributed by atoms with Gasteiger partial charge in [0, 0.05) is 132 Å². The first-order valence-corrected chi connectivity index (χ1v) is 44.5. The lowest BCUT2D eigenvalue weighted by atomic mass is 10.1. The number of imidazole rings is 1. The van der Waals surface area contributed by atoms with E-state index in [0.29, 0.717) is 23.4 Å². The summed E-state index contributed by atoms with van der Waals surface area (Å²) in [6, 6.07) is 139. The van der Waals surface area contributed by atoms with Gasteiger partial charge < -0.3 is 31.2 Å². The summed E-state index contributed by atoms with van der Waals surface area (Å²) in [6.07, 6.45) is 5.03. The van der Waals surface area contributed by atoms with Crippen molar-refractivity contribution in [2.24, 2.45) is 0 Å². The van der Waals surface area contributed by atoms with Gasteiger partial charge in [-0.3, -0.25) is 13.7 Å². The van der Waals surface area contributed by atoms with E-state index in [0.717, 1.165) is 194 Å². The molecule has 0 N–H and O–H groups in total. The second kappa shape index (κ2) is 33.9. The highest BCUT2D eigenvalue weighted by atomic mass is 16.3. The van der Waals surface area contributed by atoms with Gasteiger partial charge in [-0.15, -0.1) is 0 Å². The van der Waals surface area contributed by atoms with E-state index in [1.165, 1.54) is 49.5 Å². The van der Waals surface area contributed by atoms with Gasteiger partial charge in [-0.2, -0.15) is 0 Å². The predicted octanol–water partition coefficient (Wildman–Crippen LogP) is 32.7. The van der Waals surface area contributed by atoms with E-state index in [-0.39, 0.29) is 29.7 Å². The van der Waals surface area contributed by atoms with E-state index in [9.17, 15) is 0 Å². The van der Waals surface area contributed by atoms with Crippen molar-refractivity contribution in [2.75, 3.05) is 0 Å². The third-order valence-electron chi connectivity index (χ3n) is 25.9. The Morgan fingerprint density at radius 1 is 0.188 bits per heavy atom. The number of nitrogens with zero attached hydrogens (tertiary/aromatic N) is 12.